The van der Waals surface area contributed by atoms with E-state index in [1.807, 2.05) is 6.07 Å². The fraction of sp³-hybridized carbons (Fsp3) is 0.161. The van der Waals surface area contributed by atoms with E-state index < -0.39 is 0 Å². The topological polar surface area (TPSA) is 37.6 Å². The predicted octanol–water partition coefficient (Wildman–Crippen LogP) is 8.29. The van der Waals surface area contributed by atoms with Crippen LogP contribution in [-0.4, -0.2) is 26.9 Å². The lowest BCUT2D eigenvalue weighted by Gasteiger charge is -2.22. The molecule has 1 amide bonds. The summed E-state index contributed by atoms with van der Waals surface area (Å²) in [6.07, 6.45) is 2.90. The van der Waals surface area contributed by atoms with Gasteiger partial charge in [0.25, 0.3) is 5.91 Å². The van der Waals surface area contributed by atoms with Crippen LogP contribution in [0.2, 0.25) is 0 Å². The largest absolute Gasteiger partial charge is 0.342 e. The first-order valence-corrected chi connectivity index (χ1v) is 15.2. The molecule has 0 bridgehead atoms. The van der Waals surface area contributed by atoms with Gasteiger partial charge in [0.1, 0.15) is 0 Å². The van der Waals surface area contributed by atoms with Crippen molar-refractivity contribution < 1.29 is 4.79 Å². The monoisotopic (exact) mass is 599 g/mol. The van der Waals surface area contributed by atoms with Crippen LogP contribution in [0.4, 0.5) is 0 Å². The van der Waals surface area contributed by atoms with Crippen molar-refractivity contribution >= 4 is 61.6 Å². The summed E-state index contributed by atoms with van der Waals surface area (Å²) < 4.78 is 3.34. The highest BCUT2D eigenvalue weighted by Gasteiger charge is 2.33. The molecule has 0 aliphatic carbocycles. The molecule has 6 rings (SSSR count). The Morgan fingerprint density at radius 1 is 1.03 bits per heavy atom. The molecule has 1 aliphatic heterocycles. The van der Waals surface area contributed by atoms with Gasteiger partial charge in [0.15, 0.2) is 0 Å². The SMILES string of the molecule is Cc1ccc([C@@H]2CC(c3cccs3)=NN2C(=O)CSc2cn(Cc3ccc(Br)cc3)c3ccccc23)cc1. The van der Waals surface area contributed by atoms with Crippen LogP contribution < -0.4 is 0 Å². The molecule has 0 N–H and O–H groups in total. The molecule has 0 saturated carbocycles. The molecule has 0 fully saturated rings. The standard InChI is InChI=1S/C31H26BrN3OS2/c1-21-8-12-23(13-9-21)28-17-26(29-7-4-16-37-29)33-35(28)31(36)20-38-30-19-34(27-6-3-2-5-25(27)30)18-22-10-14-24(32)15-11-22/h2-16,19,28H,17-18,20H2,1H3/t28-/m0/s1. The normalized spacial score (nSPS) is 15.3. The van der Waals surface area contributed by atoms with E-state index in [0.29, 0.717) is 5.75 Å². The van der Waals surface area contributed by atoms with Gasteiger partial charge >= 0.3 is 0 Å². The number of hydrogen-bond acceptors (Lipinski definition) is 4. The molecule has 2 aromatic heterocycles. The number of amides is 1. The summed E-state index contributed by atoms with van der Waals surface area (Å²) in [6, 6.07) is 29.3. The van der Waals surface area contributed by atoms with Gasteiger partial charge in [-0.15, -0.1) is 23.1 Å². The molecule has 0 radical (unpaired) electrons. The lowest BCUT2D eigenvalue weighted by Crippen LogP contribution is -2.28. The Balaban J connectivity index is 1.24. The van der Waals surface area contributed by atoms with Gasteiger partial charge in [-0.25, -0.2) is 5.01 Å². The van der Waals surface area contributed by atoms with Crippen molar-refractivity contribution in [2.24, 2.45) is 5.10 Å². The number of benzene rings is 3. The van der Waals surface area contributed by atoms with Crippen LogP contribution in [0.5, 0.6) is 0 Å². The van der Waals surface area contributed by atoms with Crippen LogP contribution in [-0.2, 0) is 11.3 Å². The number of thioether (sulfide) groups is 1. The van der Waals surface area contributed by atoms with Crippen LogP contribution in [0.25, 0.3) is 10.9 Å². The second-order valence-corrected chi connectivity index (χ2v) is 12.3. The molecule has 0 saturated heterocycles. The van der Waals surface area contributed by atoms with Crippen LogP contribution in [0, 0.1) is 6.92 Å². The maximum absolute atomic E-state index is 13.6. The molecule has 5 aromatic rings. The second kappa shape index (κ2) is 10.9. The zero-order valence-electron chi connectivity index (χ0n) is 20.9. The van der Waals surface area contributed by atoms with Crippen molar-refractivity contribution in [3.05, 3.63) is 123 Å². The molecular formula is C31H26BrN3OS2. The van der Waals surface area contributed by atoms with E-state index >= 15 is 0 Å². The van der Waals surface area contributed by atoms with Crippen LogP contribution in [0.3, 0.4) is 0 Å². The molecule has 1 aliphatic rings. The molecule has 38 heavy (non-hydrogen) atoms. The van der Waals surface area contributed by atoms with Crippen molar-refractivity contribution in [2.45, 2.75) is 30.8 Å². The van der Waals surface area contributed by atoms with E-state index in [9.17, 15) is 4.79 Å². The third-order valence-electron chi connectivity index (χ3n) is 6.80. The Hall–Kier alpha value is -3.13. The number of aromatic nitrogens is 1. The van der Waals surface area contributed by atoms with Gasteiger partial charge in [-0.05, 0) is 47.7 Å². The summed E-state index contributed by atoms with van der Waals surface area (Å²) in [4.78, 5) is 15.9. The number of rotatable bonds is 7. The van der Waals surface area contributed by atoms with Crippen LogP contribution in [0.15, 0.2) is 111 Å². The van der Waals surface area contributed by atoms with Crippen LogP contribution in [0.1, 0.15) is 34.0 Å². The lowest BCUT2D eigenvalue weighted by molar-refractivity contribution is -0.130. The Bertz CT molecular complexity index is 1610. The van der Waals surface area contributed by atoms with E-state index in [-0.39, 0.29) is 11.9 Å². The predicted molar refractivity (Wildman–Crippen MR) is 162 cm³/mol. The number of carbonyl (C=O) groups excluding carboxylic acids is 1. The van der Waals surface area contributed by atoms with Crippen LogP contribution >= 0.6 is 39.0 Å². The first-order valence-electron chi connectivity index (χ1n) is 12.5. The number of carbonyl (C=O) groups is 1. The summed E-state index contributed by atoms with van der Waals surface area (Å²) in [5.74, 6) is 0.354. The second-order valence-electron chi connectivity index (χ2n) is 9.45. The van der Waals surface area contributed by atoms with E-state index in [1.54, 1.807) is 28.1 Å². The molecule has 3 aromatic carbocycles. The molecule has 0 unspecified atom stereocenters. The minimum Gasteiger partial charge on any atom is -0.342 e. The van der Waals surface area contributed by atoms with Gasteiger partial charge in [-0.2, -0.15) is 5.10 Å². The molecule has 0 spiro atoms. The Labute approximate surface area is 239 Å². The highest BCUT2D eigenvalue weighted by atomic mass is 79.9. The van der Waals surface area contributed by atoms with E-state index in [2.05, 4.69) is 118 Å². The fourth-order valence-corrected chi connectivity index (χ4v) is 6.76. The number of halogens is 1. The maximum atomic E-state index is 13.6. The molecule has 4 nitrogen and oxygen atoms in total. The Morgan fingerprint density at radius 3 is 2.58 bits per heavy atom. The smallest absolute Gasteiger partial charge is 0.253 e. The lowest BCUT2D eigenvalue weighted by atomic mass is 10.00. The van der Waals surface area contributed by atoms with Gasteiger partial charge in [-0.3, -0.25) is 4.79 Å². The summed E-state index contributed by atoms with van der Waals surface area (Å²) in [5, 5.41) is 9.78. The quantitative estimate of drug-likeness (QED) is 0.176. The molecule has 3 heterocycles. The van der Waals surface area contributed by atoms with Crippen molar-refractivity contribution in [1.82, 2.24) is 9.58 Å². The van der Waals surface area contributed by atoms with Gasteiger partial charge < -0.3 is 4.57 Å². The van der Waals surface area contributed by atoms with Crippen molar-refractivity contribution in [2.75, 3.05) is 5.75 Å². The van der Waals surface area contributed by atoms with Crippen molar-refractivity contribution in [3.8, 4) is 0 Å². The van der Waals surface area contributed by atoms with Crippen molar-refractivity contribution in [1.29, 1.82) is 0 Å². The fourth-order valence-electron chi connectivity index (χ4n) is 4.83. The average Bonchev–Trinajstić information content (AvgIpc) is 3.69. The first-order chi connectivity index (χ1) is 18.5. The third kappa shape index (κ3) is 5.23. The van der Waals surface area contributed by atoms with E-state index in [1.165, 1.54) is 22.0 Å². The number of nitrogens with zero attached hydrogens (tertiary/aromatic N) is 3. The summed E-state index contributed by atoms with van der Waals surface area (Å²) in [7, 11) is 0. The summed E-state index contributed by atoms with van der Waals surface area (Å²) in [5.41, 5.74) is 5.71. The number of thiophene rings is 1. The Kier molecular flexibility index (Phi) is 7.24. The molecule has 7 heteroatoms. The summed E-state index contributed by atoms with van der Waals surface area (Å²) in [6.45, 7) is 2.86. The number of fused-ring (bicyclic) bond motifs is 1. The number of aryl methyl sites for hydroxylation is 1. The molecular weight excluding hydrogens is 574 g/mol. The van der Waals surface area contributed by atoms with Gasteiger partial charge in [0.2, 0.25) is 0 Å². The maximum Gasteiger partial charge on any atom is 0.253 e. The van der Waals surface area contributed by atoms with Crippen molar-refractivity contribution in [3.63, 3.8) is 0 Å². The highest BCUT2D eigenvalue weighted by molar-refractivity contribution is 9.10. The van der Waals surface area contributed by atoms with E-state index in [4.69, 9.17) is 5.10 Å². The summed E-state index contributed by atoms with van der Waals surface area (Å²) >= 11 is 6.78. The molecule has 190 valence electrons. The number of para-hydroxylation sites is 1. The van der Waals surface area contributed by atoms with Gasteiger partial charge in [-0.1, -0.05) is 82.2 Å². The first kappa shape index (κ1) is 25.2. The average molecular weight is 601 g/mol. The number of hydrogen-bond donors (Lipinski definition) is 0. The highest BCUT2D eigenvalue weighted by Crippen LogP contribution is 2.36. The molecule has 1 atom stereocenters. The minimum atomic E-state index is -0.0838. The Morgan fingerprint density at radius 2 is 1.82 bits per heavy atom. The zero-order chi connectivity index (χ0) is 26.1. The van der Waals surface area contributed by atoms with E-state index in [0.717, 1.165) is 38.5 Å². The number of hydrazone groups is 1. The van der Waals surface area contributed by atoms with Gasteiger partial charge in [0, 0.05) is 39.4 Å². The minimum absolute atomic E-state index is 0.0249. The zero-order valence-corrected chi connectivity index (χ0v) is 24.1. The van der Waals surface area contributed by atoms with Gasteiger partial charge in [0.05, 0.1) is 22.4 Å². The third-order valence-corrected chi connectivity index (χ3v) is 9.28.